The average molecular weight is 420 g/mol. The fourth-order valence-electron chi connectivity index (χ4n) is 3.07. The third-order valence-electron chi connectivity index (χ3n) is 4.74. The van der Waals surface area contributed by atoms with Crippen molar-refractivity contribution in [2.75, 3.05) is 46.1 Å². The summed E-state index contributed by atoms with van der Waals surface area (Å²) in [4.78, 5) is 48.7. The van der Waals surface area contributed by atoms with Crippen LogP contribution in [-0.2, 0) is 20.9 Å². The van der Waals surface area contributed by atoms with E-state index in [1.165, 1.54) is 0 Å². The second-order valence-electron chi connectivity index (χ2n) is 6.93. The molecule has 0 aliphatic rings. The number of rotatable bonds is 15. The number of aldehydes is 2. The number of likely N-dealkylation sites (N-methyl/N-ethyl adjacent to an activating group) is 3. The average Bonchev–Trinajstić information content (AvgIpc) is 2.74. The topological polar surface area (TPSA) is 120 Å². The summed E-state index contributed by atoms with van der Waals surface area (Å²) < 4.78 is 0. The first-order chi connectivity index (χ1) is 14.5. The van der Waals surface area contributed by atoms with E-state index in [0.29, 0.717) is 36.2 Å². The number of nitrogens with one attached hydrogen (secondary N) is 4. The molecule has 0 aliphatic heterocycles. The van der Waals surface area contributed by atoms with E-state index in [1.807, 2.05) is 7.05 Å². The number of anilines is 1. The molecule has 0 heterocycles. The minimum atomic E-state index is -0.528. The van der Waals surface area contributed by atoms with Crippen molar-refractivity contribution in [2.45, 2.75) is 31.8 Å². The molecule has 0 spiro atoms. The summed E-state index contributed by atoms with van der Waals surface area (Å²) in [6.45, 7) is 2.39. The molecule has 0 bridgehead atoms. The van der Waals surface area contributed by atoms with E-state index < -0.39 is 6.04 Å². The highest BCUT2D eigenvalue weighted by Gasteiger charge is 2.23. The van der Waals surface area contributed by atoms with E-state index in [-0.39, 0.29) is 24.8 Å². The van der Waals surface area contributed by atoms with Gasteiger partial charge in [-0.2, -0.15) is 0 Å². The molecular formula is C21H33N5O4. The van der Waals surface area contributed by atoms with Gasteiger partial charge in [0.15, 0.2) is 0 Å². The number of hydrogen-bond donors (Lipinski definition) is 4. The Morgan fingerprint density at radius 3 is 2.53 bits per heavy atom. The molecule has 0 fully saturated rings. The molecule has 0 aromatic heterocycles. The summed E-state index contributed by atoms with van der Waals surface area (Å²) in [5.74, 6) is -0.371. The summed E-state index contributed by atoms with van der Waals surface area (Å²) in [7, 11) is 5.16. The third kappa shape index (κ3) is 8.40. The molecule has 2 amide bonds. The van der Waals surface area contributed by atoms with Crippen LogP contribution < -0.4 is 21.3 Å². The van der Waals surface area contributed by atoms with E-state index in [2.05, 4.69) is 21.3 Å². The van der Waals surface area contributed by atoms with Crippen LogP contribution >= 0.6 is 0 Å². The van der Waals surface area contributed by atoms with Crippen LogP contribution in [0.5, 0.6) is 0 Å². The number of hydrogen-bond acceptors (Lipinski definition) is 7. The maximum atomic E-state index is 12.3. The molecule has 9 heteroatoms. The van der Waals surface area contributed by atoms with E-state index in [9.17, 15) is 19.2 Å². The van der Waals surface area contributed by atoms with Gasteiger partial charge < -0.3 is 26.1 Å². The molecule has 30 heavy (non-hydrogen) atoms. The first-order valence-electron chi connectivity index (χ1n) is 10.1. The van der Waals surface area contributed by atoms with Gasteiger partial charge in [0.2, 0.25) is 11.8 Å². The smallest absolute Gasteiger partial charge is 0.237 e. The molecular weight excluding hydrogens is 386 g/mol. The number of nitrogens with zero attached hydrogens (tertiary/aromatic N) is 1. The summed E-state index contributed by atoms with van der Waals surface area (Å²) >= 11 is 0. The number of amides is 2. The number of benzene rings is 1. The van der Waals surface area contributed by atoms with Crippen LogP contribution in [0.25, 0.3) is 0 Å². The third-order valence-corrected chi connectivity index (χ3v) is 4.74. The second-order valence-corrected chi connectivity index (χ2v) is 6.93. The van der Waals surface area contributed by atoms with Crippen LogP contribution in [0, 0.1) is 0 Å². The first-order valence-corrected chi connectivity index (χ1v) is 10.1. The normalized spacial score (nSPS) is 11.7. The zero-order valence-electron chi connectivity index (χ0n) is 18.0. The monoisotopic (exact) mass is 419 g/mol. The summed E-state index contributed by atoms with van der Waals surface area (Å²) in [5, 5.41) is 11.7. The molecule has 1 unspecified atom stereocenters. The van der Waals surface area contributed by atoms with Gasteiger partial charge in [0.05, 0.1) is 6.04 Å². The van der Waals surface area contributed by atoms with Crippen LogP contribution in [0.1, 0.15) is 35.2 Å². The Kier molecular flexibility index (Phi) is 12.2. The van der Waals surface area contributed by atoms with Crippen molar-refractivity contribution >= 4 is 30.1 Å². The Bertz CT molecular complexity index is 711. The Labute approximate surface area is 178 Å². The highest BCUT2D eigenvalue weighted by Crippen LogP contribution is 2.22. The lowest BCUT2D eigenvalue weighted by Crippen LogP contribution is -2.44. The standard InChI is InChI=1S/C21H33N5O4/c1-22-11-12-24-10-9-20(29)25-18-7-4-6-16(15-28)17(18)14-26(3)19(8-5-13-27)21(30)23-2/h4,6-7,13,15,19,22,24H,5,8-12,14H2,1-3H3,(H,23,30)(H,25,29). The molecule has 0 saturated heterocycles. The van der Waals surface area contributed by atoms with Gasteiger partial charge in [0.25, 0.3) is 0 Å². The lowest BCUT2D eigenvalue weighted by Gasteiger charge is -2.27. The molecule has 1 aromatic carbocycles. The van der Waals surface area contributed by atoms with Crippen molar-refractivity contribution in [3.05, 3.63) is 29.3 Å². The maximum Gasteiger partial charge on any atom is 0.237 e. The molecule has 4 N–H and O–H groups in total. The van der Waals surface area contributed by atoms with Crippen LogP contribution in [0.3, 0.4) is 0 Å². The van der Waals surface area contributed by atoms with Crippen molar-refractivity contribution in [1.82, 2.24) is 20.9 Å². The first kappa shape index (κ1) is 25.4. The molecule has 0 saturated carbocycles. The largest absolute Gasteiger partial charge is 0.358 e. The fraction of sp³-hybridized carbons (Fsp3) is 0.524. The summed E-state index contributed by atoms with van der Waals surface area (Å²) in [6.07, 6.45) is 2.42. The Balaban J connectivity index is 2.91. The Morgan fingerprint density at radius 2 is 1.90 bits per heavy atom. The van der Waals surface area contributed by atoms with Crippen LogP contribution in [0.15, 0.2) is 18.2 Å². The Hall–Kier alpha value is -2.62. The van der Waals surface area contributed by atoms with Crippen LogP contribution in [-0.4, -0.2) is 76.1 Å². The van der Waals surface area contributed by atoms with Crippen LogP contribution in [0.2, 0.25) is 0 Å². The van der Waals surface area contributed by atoms with Crippen LogP contribution in [0.4, 0.5) is 5.69 Å². The molecule has 1 rings (SSSR count). The highest BCUT2D eigenvalue weighted by molar-refractivity contribution is 5.93. The zero-order valence-corrected chi connectivity index (χ0v) is 18.0. The van der Waals surface area contributed by atoms with Gasteiger partial charge in [0.1, 0.15) is 12.6 Å². The minimum absolute atomic E-state index is 0.164. The van der Waals surface area contributed by atoms with Gasteiger partial charge in [-0.3, -0.25) is 19.3 Å². The minimum Gasteiger partial charge on any atom is -0.358 e. The lowest BCUT2D eigenvalue weighted by molar-refractivity contribution is -0.126. The quantitative estimate of drug-likeness (QED) is 0.236. The van der Waals surface area contributed by atoms with Gasteiger partial charge in [-0.05, 0) is 26.6 Å². The van der Waals surface area contributed by atoms with E-state index in [1.54, 1.807) is 37.2 Å². The molecule has 0 aliphatic carbocycles. The number of carbonyl (C=O) groups excluding carboxylic acids is 4. The Morgan fingerprint density at radius 1 is 1.13 bits per heavy atom. The van der Waals surface area contributed by atoms with Crippen molar-refractivity contribution < 1.29 is 19.2 Å². The van der Waals surface area contributed by atoms with Crippen molar-refractivity contribution in [1.29, 1.82) is 0 Å². The van der Waals surface area contributed by atoms with Gasteiger partial charge in [-0.15, -0.1) is 0 Å². The molecule has 1 aromatic rings. The fourth-order valence-corrected chi connectivity index (χ4v) is 3.07. The predicted octanol–water partition coefficient (Wildman–Crippen LogP) is 0.162. The highest BCUT2D eigenvalue weighted by atomic mass is 16.2. The van der Waals surface area contributed by atoms with E-state index >= 15 is 0 Å². The predicted molar refractivity (Wildman–Crippen MR) is 116 cm³/mol. The summed E-state index contributed by atoms with van der Waals surface area (Å²) in [6, 6.07) is 4.59. The van der Waals surface area contributed by atoms with Gasteiger partial charge in [0, 0.05) is 62.9 Å². The van der Waals surface area contributed by atoms with Gasteiger partial charge >= 0.3 is 0 Å². The van der Waals surface area contributed by atoms with Gasteiger partial charge in [-0.25, -0.2) is 0 Å². The van der Waals surface area contributed by atoms with Crippen molar-refractivity contribution in [3.63, 3.8) is 0 Å². The van der Waals surface area contributed by atoms with E-state index in [4.69, 9.17) is 0 Å². The van der Waals surface area contributed by atoms with Crippen molar-refractivity contribution in [2.24, 2.45) is 0 Å². The molecule has 9 nitrogen and oxygen atoms in total. The zero-order chi connectivity index (χ0) is 22.4. The van der Waals surface area contributed by atoms with Crippen molar-refractivity contribution in [3.8, 4) is 0 Å². The second kappa shape index (κ2) is 14.4. The molecule has 166 valence electrons. The molecule has 1 atom stereocenters. The van der Waals surface area contributed by atoms with Gasteiger partial charge in [-0.1, -0.05) is 12.1 Å². The number of carbonyl (C=O) groups is 4. The van der Waals surface area contributed by atoms with E-state index in [0.717, 1.165) is 25.7 Å². The lowest BCUT2D eigenvalue weighted by atomic mass is 10.0. The SMILES string of the molecule is CNCCNCCC(=O)Nc1cccc(C=O)c1CN(C)C(CCC=O)C(=O)NC. The molecule has 0 radical (unpaired) electrons. The maximum absolute atomic E-state index is 12.3. The summed E-state index contributed by atoms with van der Waals surface area (Å²) in [5.41, 5.74) is 1.61.